The molecule has 6 nitrogen and oxygen atoms in total. The predicted octanol–water partition coefficient (Wildman–Crippen LogP) is 2.70. The van der Waals surface area contributed by atoms with Crippen molar-refractivity contribution in [3.05, 3.63) is 69.5 Å². The zero-order chi connectivity index (χ0) is 16.8. The summed E-state index contributed by atoms with van der Waals surface area (Å²) < 4.78 is 3.61. The molecule has 4 aromatic rings. The first-order valence-electron chi connectivity index (χ1n) is 7.25. The van der Waals surface area contributed by atoms with Crippen LogP contribution in [0, 0.1) is 5.21 Å². The third-order valence-electron chi connectivity index (χ3n) is 4.04. The minimum atomic E-state index is -0.156. The number of rotatable bonds is 2. The number of aryl methyl sites for hydroxylation is 1. The molecule has 0 unspecified atom stereocenters. The van der Waals surface area contributed by atoms with Crippen molar-refractivity contribution in [3.63, 3.8) is 0 Å². The van der Waals surface area contributed by atoms with E-state index >= 15 is 0 Å². The highest BCUT2D eigenvalue weighted by molar-refractivity contribution is 7.15. The van der Waals surface area contributed by atoms with Crippen molar-refractivity contribution in [2.45, 2.75) is 0 Å². The molecule has 0 bridgehead atoms. The molecule has 2 aromatic heterocycles. The average Bonchev–Trinajstić information content (AvgIpc) is 3.05. The summed E-state index contributed by atoms with van der Waals surface area (Å²) in [5.41, 5.74) is 2.55. The van der Waals surface area contributed by atoms with Crippen molar-refractivity contribution in [2.75, 3.05) is 5.23 Å². The molecule has 120 valence electrons. The molecule has 0 aliphatic rings. The number of fused-ring (bicyclic) bond motifs is 3. The van der Waals surface area contributed by atoms with Gasteiger partial charge >= 0.3 is 10.5 Å². The van der Waals surface area contributed by atoms with Gasteiger partial charge in [-0.25, -0.2) is 4.79 Å². The third kappa shape index (κ3) is 2.10. The summed E-state index contributed by atoms with van der Waals surface area (Å²) in [4.78, 5) is 13.3. The molecule has 0 fully saturated rings. The largest absolute Gasteiger partial charge is 0.733 e. The van der Waals surface area contributed by atoms with Gasteiger partial charge in [-0.2, -0.15) is 8.97 Å². The van der Waals surface area contributed by atoms with Crippen molar-refractivity contribution in [1.82, 2.24) is 4.57 Å². The van der Waals surface area contributed by atoms with E-state index in [1.807, 2.05) is 34.0 Å². The highest BCUT2D eigenvalue weighted by Crippen LogP contribution is 2.25. The van der Waals surface area contributed by atoms with Gasteiger partial charge in [-0.05, 0) is 24.3 Å². The number of aromatic nitrogens is 2. The lowest BCUT2D eigenvalue weighted by Gasteiger charge is -2.21. The Morgan fingerprint density at radius 1 is 1.21 bits per heavy atom. The van der Waals surface area contributed by atoms with Crippen LogP contribution in [0.4, 0.5) is 5.69 Å². The van der Waals surface area contributed by atoms with E-state index in [4.69, 9.17) is 5.21 Å². The molecule has 7 heteroatoms. The lowest BCUT2D eigenvalue weighted by Crippen LogP contribution is -2.32. The summed E-state index contributed by atoms with van der Waals surface area (Å²) in [6.07, 6.45) is 0. The molecule has 1 N–H and O–H groups in total. The molecule has 0 saturated heterocycles. The van der Waals surface area contributed by atoms with Gasteiger partial charge in [-0.1, -0.05) is 35.6 Å². The highest BCUT2D eigenvalue weighted by atomic mass is 32.1. The Bertz CT molecular complexity index is 1130. The van der Waals surface area contributed by atoms with Gasteiger partial charge in [0.2, 0.25) is 0 Å². The van der Waals surface area contributed by atoms with Crippen LogP contribution in [0.3, 0.4) is 0 Å². The second-order valence-electron chi connectivity index (χ2n) is 5.44. The monoisotopic (exact) mass is 339 g/mol. The average molecular weight is 339 g/mol. The van der Waals surface area contributed by atoms with Gasteiger partial charge < -0.3 is 10.4 Å². The molecular weight excluding hydrogens is 326 g/mol. The van der Waals surface area contributed by atoms with Gasteiger partial charge in [-0.3, -0.25) is 5.21 Å². The van der Waals surface area contributed by atoms with E-state index in [9.17, 15) is 10.0 Å². The Hall–Kier alpha value is -2.74. The first kappa shape index (κ1) is 14.8. The SMILES string of the molecule is Cn1c(=O)c2ccccc2[n+]2c(-c3cccc(N([O-])O)c3)csc12. The molecule has 0 radical (unpaired) electrons. The van der Waals surface area contributed by atoms with Gasteiger partial charge in [0.05, 0.1) is 12.7 Å². The predicted molar refractivity (Wildman–Crippen MR) is 93.3 cm³/mol. The van der Waals surface area contributed by atoms with E-state index < -0.39 is 0 Å². The van der Waals surface area contributed by atoms with Crippen LogP contribution in [-0.4, -0.2) is 9.77 Å². The maximum Gasteiger partial charge on any atom is 0.349 e. The second kappa shape index (κ2) is 5.41. The van der Waals surface area contributed by atoms with Crippen LogP contribution in [0.25, 0.3) is 27.1 Å². The molecule has 2 aromatic carbocycles. The second-order valence-corrected chi connectivity index (χ2v) is 6.28. The zero-order valence-corrected chi connectivity index (χ0v) is 13.5. The Kier molecular flexibility index (Phi) is 3.34. The molecule has 0 amide bonds. The first-order chi connectivity index (χ1) is 11.6. The molecule has 0 aliphatic carbocycles. The lowest BCUT2D eigenvalue weighted by molar-refractivity contribution is -0.468. The van der Waals surface area contributed by atoms with Crippen molar-refractivity contribution >= 4 is 32.9 Å². The van der Waals surface area contributed by atoms with Crippen LogP contribution in [-0.2, 0) is 7.05 Å². The van der Waals surface area contributed by atoms with Crippen molar-refractivity contribution in [1.29, 1.82) is 0 Å². The quantitative estimate of drug-likeness (QED) is 0.450. The Morgan fingerprint density at radius 3 is 2.79 bits per heavy atom. The maximum atomic E-state index is 12.5. The van der Waals surface area contributed by atoms with Gasteiger partial charge in [0.1, 0.15) is 10.9 Å². The maximum absolute atomic E-state index is 12.5. The topological polar surface area (TPSA) is 72.6 Å². The Labute approximate surface area is 140 Å². The standard InChI is InChI=1S/C17H13N3O3S/c1-18-16(21)13-7-2-3-8-14(13)19-15(10-24-17(18)19)11-5-4-6-12(9-11)20(22)23/h2-10,22H,1H3. The summed E-state index contributed by atoms with van der Waals surface area (Å²) in [6.45, 7) is 0. The summed E-state index contributed by atoms with van der Waals surface area (Å²) in [5, 5.41) is 22.7. The van der Waals surface area contributed by atoms with Crippen molar-refractivity contribution in [3.8, 4) is 11.3 Å². The minimum absolute atomic E-state index is 0.0474. The van der Waals surface area contributed by atoms with Gasteiger partial charge in [0, 0.05) is 10.9 Å². The van der Waals surface area contributed by atoms with E-state index in [1.165, 1.54) is 17.4 Å². The van der Waals surface area contributed by atoms with Crippen LogP contribution < -0.4 is 15.2 Å². The Morgan fingerprint density at radius 2 is 2.00 bits per heavy atom. The molecule has 0 spiro atoms. The number of hydrogen-bond acceptors (Lipinski definition) is 5. The normalized spacial score (nSPS) is 11.3. The molecular formula is C17H13N3O3S. The van der Waals surface area contributed by atoms with Crippen LogP contribution in [0.5, 0.6) is 0 Å². The number of hydrogen-bond donors (Lipinski definition) is 1. The van der Waals surface area contributed by atoms with Crippen LogP contribution in [0.15, 0.2) is 58.7 Å². The molecule has 0 saturated carbocycles. The fourth-order valence-corrected chi connectivity index (χ4v) is 3.88. The molecule has 0 aliphatic heterocycles. The third-order valence-corrected chi connectivity index (χ3v) is 5.05. The van der Waals surface area contributed by atoms with Crippen molar-refractivity contribution in [2.24, 2.45) is 7.05 Å². The smallest absolute Gasteiger partial charge is 0.349 e. The molecule has 24 heavy (non-hydrogen) atoms. The van der Waals surface area contributed by atoms with Gasteiger partial charge in [-0.15, -0.1) is 0 Å². The van der Waals surface area contributed by atoms with E-state index in [2.05, 4.69) is 0 Å². The molecule has 0 atom stereocenters. The Balaban J connectivity index is 2.12. The van der Waals surface area contributed by atoms with Crippen molar-refractivity contribution < 1.29 is 9.61 Å². The number of benzene rings is 2. The van der Waals surface area contributed by atoms with Gasteiger partial charge in [0.15, 0.2) is 5.69 Å². The minimum Gasteiger partial charge on any atom is -0.733 e. The van der Waals surface area contributed by atoms with E-state index in [-0.39, 0.29) is 16.5 Å². The first-order valence-corrected chi connectivity index (χ1v) is 8.13. The fraction of sp³-hybridized carbons (Fsp3) is 0.0588. The highest BCUT2D eigenvalue weighted by Gasteiger charge is 2.21. The number of nitrogens with zero attached hydrogens (tertiary/aromatic N) is 3. The summed E-state index contributed by atoms with van der Waals surface area (Å²) in [6, 6.07) is 14.1. The summed E-state index contributed by atoms with van der Waals surface area (Å²) in [7, 11) is 1.74. The van der Waals surface area contributed by atoms with Crippen LogP contribution in [0.1, 0.15) is 0 Å². The summed E-state index contributed by atoms with van der Waals surface area (Å²) >= 11 is 1.45. The summed E-state index contributed by atoms with van der Waals surface area (Å²) in [5.74, 6) is 0. The zero-order valence-electron chi connectivity index (χ0n) is 12.7. The molecule has 2 heterocycles. The lowest BCUT2D eigenvalue weighted by atomic mass is 10.1. The number of para-hydroxylation sites is 1. The number of anilines is 1. The van der Waals surface area contributed by atoms with Gasteiger partial charge in [0.25, 0.3) is 0 Å². The van der Waals surface area contributed by atoms with Crippen LogP contribution >= 0.6 is 11.3 Å². The van der Waals surface area contributed by atoms with E-state index in [1.54, 1.807) is 29.8 Å². The van der Waals surface area contributed by atoms with E-state index in [0.29, 0.717) is 5.39 Å². The molecule has 4 rings (SSSR count). The van der Waals surface area contributed by atoms with E-state index in [0.717, 1.165) is 21.7 Å². The number of thiazole rings is 1. The van der Waals surface area contributed by atoms with Crippen LogP contribution in [0.2, 0.25) is 0 Å². The fourth-order valence-electron chi connectivity index (χ4n) is 2.88.